The molecule has 1 aliphatic rings. The van der Waals surface area contributed by atoms with Crippen LogP contribution in [0, 0.1) is 0 Å². The molecule has 0 spiro atoms. The molecular formula is C18H20N8O. The van der Waals surface area contributed by atoms with Gasteiger partial charge in [-0.05, 0) is 53.1 Å². The maximum Gasteiger partial charge on any atom is 0.224 e. The zero-order valence-electron chi connectivity index (χ0n) is 14.8. The van der Waals surface area contributed by atoms with Gasteiger partial charge in [-0.15, -0.1) is 10.2 Å². The Morgan fingerprint density at radius 2 is 1.93 bits per heavy atom. The first kappa shape index (κ1) is 17.1. The third-order valence-electron chi connectivity index (χ3n) is 4.66. The molecule has 3 heterocycles. The van der Waals surface area contributed by atoms with Gasteiger partial charge in [-0.3, -0.25) is 4.79 Å². The lowest BCUT2D eigenvalue weighted by atomic mass is 10.0. The van der Waals surface area contributed by atoms with Crippen LogP contribution in [0.4, 0.5) is 5.82 Å². The van der Waals surface area contributed by atoms with Crippen LogP contribution in [0.15, 0.2) is 48.9 Å². The number of hydrogen-bond donors (Lipinski definition) is 1. The number of carbonyl (C=O) groups is 1. The molecule has 0 unspecified atom stereocenters. The molecular weight excluding hydrogens is 344 g/mol. The van der Waals surface area contributed by atoms with Crippen LogP contribution in [0.25, 0.3) is 5.69 Å². The number of aromatic nitrogens is 6. The fraction of sp³-hybridized carbons (Fsp3) is 0.333. The summed E-state index contributed by atoms with van der Waals surface area (Å²) >= 11 is 0. The number of tetrazole rings is 1. The highest BCUT2D eigenvalue weighted by Gasteiger charge is 2.21. The first-order valence-electron chi connectivity index (χ1n) is 8.92. The molecule has 4 rings (SSSR count). The number of hydrogen-bond acceptors (Lipinski definition) is 7. The molecule has 1 N–H and O–H groups in total. The molecule has 1 amide bonds. The fourth-order valence-corrected chi connectivity index (χ4v) is 3.23. The molecule has 0 radical (unpaired) electrons. The Kier molecular flexibility index (Phi) is 4.99. The molecule has 3 aromatic rings. The monoisotopic (exact) mass is 364 g/mol. The topological polar surface area (TPSA) is 102 Å². The Bertz CT molecular complexity index is 858. The fourth-order valence-electron chi connectivity index (χ4n) is 3.23. The Labute approximate surface area is 156 Å². The van der Waals surface area contributed by atoms with Crippen molar-refractivity contribution in [2.24, 2.45) is 0 Å². The molecule has 0 atom stereocenters. The molecule has 2 aromatic heterocycles. The van der Waals surface area contributed by atoms with E-state index in [-0.39, 0.29) is 11.9 Å². The molecule has 1 fully saturated rings. The minimum atomic E-state index is 0.0446. The SMILES string of the molecule is O=C(Cc1ccc(-n2cnnn2)cc1)NC1CCN(c2cccnn2)CC1. The van der Waals surface area contributed by atoms with E-state index in [2.05, 4.69) is 35.9 Å². The Morgan fingerprint density at radius 3 is 2.59 bits per heavy atom. The van der Waals surface area contributed by atoms with Crippen molar-refractivity contribution in [3.05, 3.63) is 54.5 Å². The van der Waals surface area contributed by atoms with Crippen molar-refractivity contribution in [2.75, 3.05) is 18.0 Å². The van der Waals surface area contributed by atoms with Crippen molar-refractivity contribution in [1.29, 1.82) is 0 Å². The van der Waals surface area contributed by atoms with Gasteiger partial charge >= 0.3 is 0 Å². The quantitative estimate of drug-likeness (QED) is 0.714. The van der Waals surface area contributed by atoms with E-state index in [0.29, 0.717) is 6.42 Å². The van der Waals surface area contributed by atoms with E-state index in [4.69, 9.17) is 0 Å². The number of rotatable bonds is 5. The third-order valence-corrected chi connectivity index (χ3v) is 4.66. The summed E-state index contributed by atoms with van der Waals surface area (Å²) < 4.78 is 1.58. The van der Waals surface area contributed by atoms with E-state index in [1.807, 2.05) is 36.4 Å². The summed E-state index contributed by atoms with van der Waals surface area (Å²) in [5, 5.41) is 22.3. The first-order valence-corrected chi connectivity index (χ1v) is 8.92. The summed E-state index contributed by atoms with van der Waals surface area (Å²) in [5.74, 6) is 0.938. The second-order valence-corrected chi connectivity index (χ2v) is 6.51. The van der Waals surface area contributed by atoms with Crippen LogP contribution in [-0.4, -0.2) is 55.4 Å². The van der Waals surface area contributed by atoms with Crippen molar-refractivity contribution < 1.29 is 4.79 Å². The van der Waals surface area contributed by atoms with Crippen molar-refractivity contribution in [3.8, 4) is 5.69 Å². The molecule has 9 nitrogen and oxygen atoms in total. The predicted molar refractivity (Wildman–Crippen MR) is 98.3 cm³/mol. The minimum absolute atomic E-state index is 0.0446. The highest BCUT2D eigenvalue weighted by molar-refractivity contribution is 5.79. The molecule has 0 saturated carbocycles. The van der Waals surface area contributed by atoms with E-state index in [1.165, 1.54) is 6.33 Å². The van der Waals surface area contributed by atoms with Gasteiger partial charge < -0.3 is 10.2 Å². The number of nitrogens with zero attached hydrogens (tertiary/aromatic N) is 7. The van der Waals surface area contributed by atoms with Crippen LogP contribution >= 0.6 is 0 Å². The second kappa shape index (κ2) is 7.90. The summed E-state index contributed by atoms with van der Waals surface area (Å²) in [5.41, 5.74) is 1.82. The lowest BCUT2D eigenvalue weighted by Gasteiger charge is -2.32. The summed E-state index contributed by atoms with van der Waals surface area (Å²) in [4.78, 5) is 14.6. The standard InChI is InChI=1S/C18H20N8O/c27-18(12-14-3-5-16(6-4-14)26-13-20-23-24-26)21-15-7-10-25(11-8-15)17-2-1-9-19-22-17/h1-6,9,13,15H,7-8,10-12H2,(H,21,27). The lowest BCUT2D eigenvalue weighted by molar-refractivity contribution is -0.121. The number of carbonyl (C=O) groups excluding carboxylic acids is 1. The van der Waals surface area contributed by atoms with Gasteiger partial charge in [-0.2, -0.15) is 5.10 Å². The molecule has 1 saturated heterocycles. The van der Waals surface area contributed by atoms with Crippen LogP contribution in [0.5, 0.6) is 0 Å². The number of nitrogens with one attached hydrogen (secondary N) is 1. The van der Waals surface area contributed by atoms with Gasteiger partial charge in [-0.25, -0.2) is 4.68 Å². The highest BCUT2D eigenvalue weighted by Crippen LogP contribution is 2.17. The number of anilines is 1. The van der Waals surface area contributed by atoms with Gasteiger partial charge in [0.15, 0.2) is 5.82 Å². The summed E-state index contributed by atoms with van der Waals surface area (Å²) in [7, 11) is 0. The maximum atomic E-state index is 12.4. The summed E-state index contributed by atoms with van der Waals surface area (Å²) in [6.07, 6.45) is 5.38. The zero-order valence-corrected chi connectivity index (χ0v) is 14.8. The molecule has 27 heavy (non-hydrogen) atoms. The lowest BCUT2D eigenvalue weighted by Crippen LogP contribution is -2.45. The van der Waals surface area contributed by atoms with E-state index >= 15 is 0 Å². The van der Waals surface area contributed by atoms with E-state index in [0.717, 1.165) is 43.0 Å². The molecule has 1 aromatic carbocycles. The van der Waals surface area contributed by atoms with E-state index in [9.17, 15) is 4.79 Å². The molecule has 0 aliphatic carbocycles. The number of benzene rings is 1. The highest BCUT2D eigenvalue weighted by atomic mass is 16.1. The van der Waals surface area contributed by atoms with Crippen molar-refractivity contribution in [2.45, 2.75) is 25.3 Å². The van der Waals surface area contributed by atoms with Crippen molar-refractivity contribution in [1.82, 2.24) is 35.7 Å². The smallest absolute Gasteiger partial charge is 0.224 e. The van der Waals surface area contributed by atoms with Crippen molar-refractivity contribution in [3.63, 3.8) is 0 Å². The van der Waals surface area contributed by atoms with Gasteiger partial charge in [0.2, 0.25) is 5.91 Å². The van der Waals surface area contributed by atoms with Gasteiger partial charge in [0.05, 0.1) is 12.1 Å². The van der Waals surface area contributed by atoms with Crippen LogP contribution in [-0.2, 0) is 11.2 Å². The van der Waals surface area contributed by atoms with Crippen LogP contribution in [0.2, 0.25) is 0 Å². The zero-order chi connectivity index (χ0) is 18.5. The number of piperidine rings is 1. The summed E-state index contributed by atoms with van der Waals surface area (Å²) in [6, 6.07) is 11.7. The largest absolute Gasteiger partial charge is 0.355 e. The van der Waals surface area contributed by atoms with Gasteiger partial charge in [0, 0.05) is 25.3 Å². The first-order chi connectivity index (χ1) is 13.3. The van der Waals surface area contributed by atoms with Gasteiger partial charge in [0.1, 0.15) is 6.33 Å². The third kappa shape index (κ3) is 4.25. The number of amides is 1. The average Bonchev–Trinajstić information content (AvgIpc) is 3.25. The van der Waals surface area contributed by atoms with Crippen molar-refractivity contribution >= 4 is 11.7 Å². The van der Waals surface area contributed by atoms with Crippen LogP contribution in [0.1, 0.15) is 18.4 Å². The van der Waals surface area contributed by atoms with Gasteiger partial charge in [0.25, 0.3) is 0 Å². The normalized spacial score (nSPS) is 14.9. The molecule has 1 aliphatic heterocycles. The molecule has 0 bridgehead atoms. The average molecular weight is 364 g/mol. The second-order valence-electron chi connectivity index (χ2n) is 6.51. The Hall–Kier alpha value is -3.36. The van der Waals surface area contributed by atoms with Gasteiger partial charge in [-0.1, -0.05) is 12.1 Å². The maximum absolute atomic E-state index is 12.4. The van der Waals surface area contributed by atoms with E-state index in [1.54, 1.807) is 10.9 Å². The minimum Gasteiger partial charge on any atom is -0.355 e. The van der Waals surface area contributed by atoms with Crippen LogP contribution in [0.3, 0.4) is 0 Å². The van der Waals surface area contributed by atoms with Crippen LogP contribution < -0.4 is 10.2 Å². The Balaban J connectivity index is 1.26. The van der Waals surface area contributed by atoms with E-state index < -0.39 is 0 Å². The molecule has 138 valence electrons. The predicted octanol–water partition coefficient (Wildman–Crippen LogP) is 0.780. The molecule has 9 heteroatoms. The summed E-state index contributed by atoms with van der Waals surface area (Å²) in [6.45, 7) is 1.73. The Morgan fingerprint density at radius 1 is 1.11 bits per heavy atom.